The van der Waals surface area contributed by atoms with E-state index >= 15 is 0 Å². The Bertz CT molecular complexity index is 662. The van der Waals surface area contributed by atoms with Gasteiger partial charge in [-0.2, -0.15) is 0 Å². The van der Waals surface area contributed by atoms with Gasteiger partial charge in [-0.25, -0.2) is 4.79 Å². The van der Waals surface area contributed by atoms with Gasteiger partial charge in [0.1, 0.15) is 6.10 Å². The van der Waals surface area contributed by atoms with E-state index in [9.17, 15) is 24.9 Å². The number of hydrogen-bond acceptors (Lipinski definition) is 8. The summed E-state index contributed by atoms with van der Waals surface area (Å²) in [5.74, 6) is -2.14. The van der Waals surface area contributed by atoms with Gasteiger partial charge in [0.15, 0.2) is 0 Å². The average Bonchev–Trinajstić information content (AvgIpc) is 3.49. The van der Waals surface area contributed by atoms with Crippen LogP contribution in [0.5, 0.6) is 0 Å². The van der Waals surface area contributed by atoms with Crippen molar-refractivity contribution in [1.82, 2.24) is 0 Å². The smallest absolute Gasteiger partial charge is 0.328 e. The number of aliphatic carboxylic acids is 1. The number of aliphatic hydroxyl groups excluding tert-OH is 3. The Balaban J connectivity index is 1.98. The Morgan fingerprint density at radius 2 is 1.84 bits per heavy atom. The molecule has 2 aliphatic heterocycles. The molecule has 4 N–H and O–H groups in total. The zero-order valence-electron chi connectivity index (χ0n) is 19.3. The van der Waals surface area contributed by atoms with Crippen molar-refractivity contribution in [3.8, 4) is 0 Å². The number of ether oxygens (including phenoxy) is 3. The number of aliphatic hydroxyl groups is 3. The van der Waals surface area contributed by atoms with Crippen molar-refractivity contribution in [3.05, 3.63) is 11.6 Å². The number of carboxylic acids is 1. The number of methoxy groups -OCH3 is 1. The lowest BCUT2D eigenvalue weighted by Gasteiger charge is -2.41. The number of carbonyl (C=O) groups is 2. The van der Waals surface area contributed by atoms with E-state index < -0.39 is 36.3 Å². The molecule has 0 aromatic carbocycles. The van der Waals surface area contributed by atoms with E-state index in [0.717, 1.165) is 6.08 Å². The van der Waals surface area contributed by atoms with Gasteiger partial charge in [-0.15, -0.1) is 0 Å². The molecule has 32 heavy (non-hydrogen) atoms. The number of carbonyl (C=O) groups excluding carboxylic acids is 1. The number of epoxide rings is 1. The number of carboxylic acid groups (broad SMARTS) is 1. The lowest BCUT2D eigenvalue weighted by molar-refractivity contribution is -0.179. The zero-order valence-corrected chi connectivity index (χ0v) is 19.3. The first-order chi connectivity index (χ1) is 15.1. The van der Waals surface area contributed by atoms with E-state index in [0.29, 0.717) is 31.3 Å². The van der Waals surface area contributed by atoms with Crippen LogP contribution in [0.3, 0.4) is 0 Å². The SMILES string of the molecule is COC(=O)CCCCC(/C(C)=C/C(=O)O)[C@@H]1OC[C@H](C[C@@H]2O[C@H]2[C@@H](C)[C@H](C)O)[C@@H](O)[C@H]1O. The maximum atomic E-state index is 11.3. The van der Waals surface area contributed by atoms with Crippen LogP contribution in [-0.4, -0.2) is 82.7 Å². The summed E-state index contributed by atoms with van der Waals surface area (Å²) in [6.45, 7) is 5.52. The second-order valence-corrected chi connectivity index (χ2v) is 9.17. The molecule has 2 aliphatic rings. The maximum absolute atomic E-state index is 11.3. The van der Waals surface area contributed by atoms with Crippen LogP contribution in [0.1, 0.15) is 52.9 Å². The lowest BCUT2D eigenvalue weighted by Crippen LogP contribution is -2.53. The van der Waals surface area contributed by atoms with Crippen LogP contribution in [0.15, 0.2) is 11.6 Å². The van der Waals surface area contributed by atoms with Gasteiger partial charge in [0.25, 0.3) is 0 Å². The van der Waals surface area contributed by atoms with Crippen molar-refractivity contribution >= 4 is 11.9 Å². The second-order valence-electron chi connectivity index (χ2n) is 9.17. The van der Waals surface area contributed by atoms with Gasteiger partial charge in [0, 0.05) is 30.3 Å². The zero-order chi connectivity index (χ0) is 24.0. The normalized spacial score (nSPS) is 33.3. The molecule has 0 aliphatic carbocycles. The topological polar surface area (TPSA) is 146 Å². The van der Waals surface area contributed by atoms with Gasteiger partial charge in [0.05, 0.1) is 44.2 Å². The van der Waals surface area contributed by atoms with E-state index in [1.54, 1.807) is 13.8 Å². The van der Waals surface area contributed by atoms with Gasteiger partial charge in [-0.05, 0) is 33.1 Å². The Labute approximate surface area is 189 Å². The van der Waals surface area contributed by atoms with Crippen molar-refractivity contribution in [2.24, 2.45) is 17.8 Å². The van der Waals surface area contributed by atoms with Crippen molar-refractivity contribution < 1.29 is 44.2 Å². The first kappa shape index (κ1) is 26.7. The Kier molecular flexibility index (Phi) is 10.1. The molecule has 2 rings (SSSR count). The Morgan fingerprint density at radius 1 is 1.16 bits per heavy atom. The summed E-state index contributed by atoms with van der Waals surface area (Å²) >= 11 is 0. The number of rotatable bonds is 12. The van der Waals surface area contributed by atoms with Crippen LogP contribution in [0, 0.1) is 17.8 Å². The fraction of sp³-hybridized carbons (Fsp3) is 0.826. The van der Waals surface area contributed by atoms with Crippen LogP contribution in [0.2, 0.25) is 0 Å². The summed E-state index contributed by atoms with van der Waals surface area (Å²) in [5, 5.41) is 40.5. The molecule has 2 fully saturated rings. The van der Waals surface area contributed by atoms with E-state index in [-0.39, 0.29) is 43.0 Å². The van der Waals surface area contributed by atoms with E-state index in [1.807, 2.05) is 6.92 Å². The minimum absolute atomic E-state index is 0.0162. The molecule has 0 saturated carbocycles. The Morgan fingerprint density at radius 3 is 2.44 bits per heavy atom. The second kappa shape index (κ2) is 12.1. The molecule has 0 aromatic rings. The van der Waals surface area contributed by atoms with Crippen LogP contribution in [-0.2, 0) is 23.8 Å². The molecule has 2 saturated heterocycles. The lowest BCUT2D eigenvalue weighted by atomic mass is 9.79. The summed E-state index contributed by atoms with van der Waals surface area (Å²) in [4.78, 5) is 22.5. The summed E-state index contributed by atoms with van der Waals surface area (Å²) in [6, 6.07) is 0. The Hall–Kier alpha value is -1.52. The minimum atomic E-state index is -1.18. The van der Waals surface area contributed by atoms with E-state index in [1.165, 1.54) is 7.11 Å². The molecule has 0 spiro atoms. The van der Waals surface area contributed by atoms with Crippen LogP contribution < -0.4 is 0 Å². The first-order valence-corrected chi connectivity index (χ1v) is 11.4. The molecule has 1 unspecified atom stereocenters. The molecule has 0 amide bonds. The number of esters is 1. The van der Waals surface area contributed by atoms with Gasteiger partial charge in [-0.3, -0.25) is 4.79 Å². The van der Waals surface area contributed by atoms with Crippen molar-refractivity contribution in [1.29, 1.82) is 0 Å². The predicted molar refractivity (Wildman–Crippen MR) is 115 cm³/mol. The molecule has 9 atom stereocenters. The van der Waals surface area contributed by atoms with Crippen LogP contribution in [0.4, 0.5) is 0 Å². The highest BCUT2D eigenvalue weighted by molar-refractivity contribution is 5.80. The molecule has 184 valence electrons. The summed E-state index contributed by atoms with van der Waals surface area (Å²) in [5.41, 5.74) is 0.543. The summed E-state index contributed by atoms with van der Waals surface area (Å²) in [6.07, 6.45) is -0.0417. The molecular formula is C23H38O9. The van der Waals surface area contributed by atoms with Gasteiger partial charge in [-0.1, -0.05) is 18.9 Å². The fourth-order valence-corrected chi connectivity index (χ4v) is 4.54. The molecule has 2 heterocycles. The predicted octanol–water partition coefficient (Wildman–Crippen LogP) is 1.28. The maximum Gasteiger partial charge on any atom is 0.328 e. The number of unbranched alkanes of at least 4 members (excludes halogenated alkanes) is 1. The molecule has 9 nitrogen and oxygen atoms in total. The van der Waals surface area contributed by atoms with Gasteiger partial charge < -0.3 is 34.6 Å². The average molecular weight is 459 g/mol. The minimum Gasteiger partial charge on any atom is -0.478 e. The largest absolute Gasteiger partial charge is 0.478 e. The third-order valence-corrected chi connectivity index (χ3v) is 6.81. The third kappa shape index (κ3) is 7.25. The molecule has 0 aromatic heterocycles. The molecule has 0 radical (unpaired) electrons. The van der Waals surface area contributed by atoms with E-state index in [2.05, 4.69) is 4.74 Å². The molecular weight excluding hydrogens is 420 g/mol. The number of hydrogen-bond donors (Lipinski definition) is 4. The van der Waals surface area contributed by atoms with Gasteiger partial charge >= 0.3 is 11.9 Å². The standard InChI is InChI=1S/C23H38O9/c1-12(9-18(25)26)16(7-5-6-8-19(27)30-4)23-21(29)20(28)15(11-31-23)10-17-22(32-17)13(2)14(3)24/h9,13-17,20-24,28-29H,5-8,10-11H2,1-4H3,(H,25,26)/b12-9+/t13-,14-,15-,16?,17-,20+,21+,22-,23-/m0/s1. The third-order valence-electron chi connectivity index (χ3n) is 6.81. The highest BCUT2D eigenvalue weighted by atomic mass is 16.6. The van der Waals surface area contributed by atoms with Crippen LogP contribution in [0.25, 0.3) is 0 Å². The molecule has 9 heteroatoms. The van der Waals surface area contributed by atoms with Crippen molar-refractivity contribution in [2.45, 2.75) is 89.5 Å². The van der Waals surface area contributed by atoms with Gasteiger partial charge in [0.2, 0.25) is 0 Å². The van der Waals surface area contributed by atoms with Crippen molar-refractivity contribution in [2.75, 3.05) is 13.7 Å². The first-order valence-electron chi connectivity index (χ1n) is 11.4. The van der Waals surface area contributed by atoms with E-state index in [4.69, 9.17) is 14.6 Å². The fourth-order valence-electron chi connectivity index (χ4n) is 4.54. The highest BCUT2D eigenvalue weighted by Crippen LogP contribution is 2.39. The monoisotopic (exact) mass is 458 g/mol. The van der Waals surface area contributed by atoms with Crippen LogP contribution >= 0.6 is 0 Å². The molecule has 0 bridgehead atoms. The quantitative estimate of drug-likeness (QED) is 0.147. The highest BCUT2D eigenvalue weighted by Gasteiger charge is 2.49. The summed E-state index contributed by atoms with van der Waals surface area (Å²) in [7, 11) is 1.33. The van der Waals surface area contributed by atoms with Crippen molar-refractivity contribution in [3.63, 3.8) is 0 Å². The summed E-state index contributed by atoms with van der Waals surface area (Å²) < 4.78 is 16.3.